The van der Waals surface area contributed by atoms with E-state index in [0.29, 0.717) is 23.0 Å². The van der Waals surface area contributed by atoms with Gasteiger partial charge in [0.2, 0.25) is 0 Å². The lowest BCUT2D eigenvalue weighted by atomic mass is 10.1. The van der Waals surface area contributed by atoms with Crippen molar-refractivity contribution < 1.29 is 4.39 Å². The Morgan fingerprint density at radius 3 is 2.67 bits per heavy atom. The van der Waals surface area contributed by atoms with E-state index in [1.54, 1.807) is 0 Å². The molecule has 6 heteroatoms. The number of halogens is 1. The van der Waals surface area contributed by atoms with Crippen molar-refractivity contribution in [2.24, 2.45) is 0 Å². The molecule has 1 aromatic carbocycles. The number of hydrogen-bond acceptors (Lipinski definition) is 2. The maximum absolute atomic E-state index is 13.5. The highest BCUT2D eigenvalue weighted by molar-refractivity contribution is 6.06. The van der Waals surface area contributed by atoms with Crippen molar-refractivity contribution >= 4 is 21.9 Å². The van der Waals surface area contributed by atoms with Crippen LogP contribution in [0.3, 0.4) is 0 Å². The van der Waals surface area contributed by atoms with Crippen molar-refractivity contribution in [3.05, 3.63) is 44.4 Å². The minimum Gasteiger partial charge on any atom is -0.340 e. The number of H-pyrrole nitrogens is 3. The van der Waals surface area contributed by atoms with Crippen LogP contribution in [-0.2, 0) is 6.42 Å². The van der Waals surface area contributed by atoms with Gasteiger partial charge in [-0.25, -0.2) is 9.18 Å². The molecule has 3 rings (SSSR count). The minimum absolute atomic E-state index is 0.277. The molecule has 18 heavy (non-hydrogen) atoms. The molecular formula is C12H10FN3O2. The summed E-state index contributed by atoms with van der Waals surface area (Å²) in [6, 6.07) is 2.71. The lowest BCUT2D eigenvalue weighted by Gasteiger charge is -1.99. The van der Waals surface area contributed by atoms with E-state index >= 15 is 0 Å². The van der Waals surface area contributed by atoms with Crippen LogP contribution in [-0.4, -0.2) is 15.0 Å². The van der Waals surface area contributed by atoms with E-state index in [2.05, 4.69) is 15.0 Å². The molecule has 0 amide bonds. The molecule has 0 bridgehead atoms. The smallest absolute Gasteiger partial charge is 0.327 e. The molecule has 0 saturated carbocycles. The first-order valence-electron chi connectivity index (χ1n) is 5.56. The number of rotatable bonds is 1. The van der Waals surface area contributed by atoms with E-state index in [-0.39, 0.29) is 5.39 Å². The van der Waals surface area contributed by atoms with E-state index in [1.807, 2.05) is 6.92 Å². The summed E-state index contributed by atoms with van der Waals surface area (Å²) in [6.45, 7) is 1.90. The molecule has 0 fully saturated rings. The Kier molecular flexibility index (Phi) is 2.13. The summed E-state index contributed by atoms with van der Waals surface area (Å²) in [7, 11) is 0. The third-order valence-corrected chi connectivity index (χ3v) is 3.03. The zero-order chi connectivity index (χ0) is 12.9. The second-order valence-corrected chi connectivity index (χ2v) is 4.12. The molecule has 0 spiro atoms. The Balaban J connectivity index is 2.64. The Bertz CT molecular complexity index is 873. The van der Waals surface area contributed by atoms with Crippen molar-refractivity contribution in [3.8, 4) is 0 Å². The summed E-state index contributed by atoms with van der Waals surface area (Å²) in [5.74, 6) is -0.397. The molecule has 0 aliphatic carbocycles. The van der Waals surface area contributed by atoms with Crippen molar-refractivity contribution in [1.82, 2.24) is 15.0 Å². The third kappa shape index (κ3) is 1.38. The van der Waals surface area contributed by atoms with E-state index in [1.165, 1.54) is 12.1 Å². The van der Waals surface area contributed by atoms with Gasteiger partial charge in [-0.1, -0.05) is 6.92 Å². The predicted octanol–water partition coefficient (Wildman–Crippen LogP) is 1.40. The van der Waals surface area contributed by atoms with Crippen LogP contribution >= 0.6 is 0 Å². The van der Waals surface area contributed by atoms with Crippen molar-refractivity contribution in [3.63, 3.8) is 0 Å². The Morgan fingerprint density at radius 2 is 1.94 bits per heavy atom. The van der Waals surface area contributed by atoms with Crippen molar-refractivity contribution in [2.45, 2.75) is 13.3 Å². The fourth-order valence-corrected chi connectivity index (χ4v) is 2.25. The van der Waals surface area contributed by atoms with Crippen molar-refractivity contribution in [2.75, 3.05) is 0 Å². The number of nitrogens with one attached hydrogen (secondary N) is 3. The zero-order valence-corrected chi connectivity index (χ0v) is 9.56. The number of fused-ring (bicyclic) bond motifs is 3. The summed E-state index contributed by atoms with van der Waals surface area (Å²) in [4.78, 5) is 30.6. The first kappa shape index (κ1) is 10.8. The predicted molar refractivity (Wildman–Crippen MR) is 66.4 cm³/mol. The molecule has 0 atom stereocenters. The largest absolute Gasteiger partial charge is 0.340 e. The molecule has 0 unspecified atom stereocenters. The minimum atomic E-state index is -0.586. The highest BCUT2D eigenvalue weighted by atomic mass is 19.1. The van der Waals surface area contributed by atoms with Gasteiger partial charge in [-0.2, -0.15) is 0 Å². The van der Waals surface area contributed by atoms with E-state index < -0.39 is 17.1 Å². The third-order valence-electron chi connectivity index (χ3n) is 3.03. The first-order valence-corrected chi connectivity index (χ1v) is 5.56. The highest BCUT2D eigenvalue weighted by Gasteiger charge is 2.13. The summed E-state index contributed by atoms with van der Waals surface area (Å²) in [5, 5.41) is 0.762. The SMILES string of the molecule is CCc1cc(F)cc2c1[nH]c1[nH]c(=O)[nH]c(=O)c12. The van der Waals surface area contributed by atoms with Crippen molar-refractivity contribution in [1.29, 1.82) is 0 Å². The summed E-state index contributed by atoms with van der Waals surface area (Å²) in [5.41, 5.74) is 0.659. The maximum Gasteiger partial charge on any atom is 0.327 e. The van der Waals surface area contributed by atoms with Gasteiger partial charge in [-0.3, -0.25) is 14.8 Å². The van der Waals surface area contributed by atoms with Gasteiger partial charge in [0.25, 0.3) is 5.56 Å². The van der Waals surface area contributed by atoms with Crippen LogP contribution in [0.15, 0.2) is 21.7 Å². The molecule has 3 aromatic rings. The molecule has 0 radical (unpaired) electrons. The molecule has 0 saturated heterocycles. The Hall–Kier alpha value is -2.37. The van der Waals surface area contributed by atoms with Gasteiger partial charge in [0.1, 0.15) is 11.5 Å². The number of aromatic amines is 3. The lowest BCUT2D eigenvalue weighted by Crippen LogP contribution is -2.21. The second kappa shape index (κ2) is 3.56. The van der Waals surface area contributed by atoms with Gasteiger partial charge in [0.05, 0.1) is 10.9 Å². The van der Waals surface area contributed by atoms with Crippen LogP contribution in [0.5, 0.6) is 0 Å². The molecular weight excluding hydrogens is 237 g/mol. The molecule has 92 valence electrons. The van der Waals surface area contributed by atoms with Crippen LogP contribution in [0.4, 0.5) is 4.39 Å². The van der Waals surface area contributed by atoms with Gasteiger partial charge in [-0.15, -0.1) is 0 Å². The van der Waals surface area contributed by atoms with Crippen LogP contribution < -0.4 is 11.2 Å². The highest BCUT2D eigenvalue weighted by Crippen LogP contribution is 2.25. The van der Waals surface area contributed by atoms with Gasteiger partial charge in [0, 0.05) is 5.39 Å². The standard InChI is InChI=1S/C12H10FN3O2/c1-2-5-3-6(13)4-7-8-10(14-9(5)7)15-12(18)16-11(8)17/h3-4H,2H2,1H3,(H3,14,15,16,17,18). The van der Waals surface area contributed by atoms with E-state index in [9.17, 15) is 14.0 Å². The fourth-order valence-electron chi connectivity index (χ4n) is 2.25. The van der Waals surface area contributed by atoms with Gasteiger partial charge in [0.15, 0.2) is 0 Å². The maximum atomic E-state index is 13.5. The number of aromatic nitrogens is 3. The second-order valence-electron chi connectivity index (χ2n) is 4.12. The Labute approximate surface area is 99.7 Å². The molecule has 0 aliphatic rings. The van der Waals surface area contributed by atoms with Gasteiger partial charge < -0.3 is 4.98 Å². The molecule has 2 aromatic heterocycles. The summed E-state index contributed by atoms with van der Waals surface area (Å²) in [6.07, 6.45) is 0.628. The molecule has 3 N–H and O–H groups in total. The average molecular weight is 247 g/mol. The molecule has 5 nitrogen and oxygen atoms in total. The van der Waals surface area contributed by atoms with E-state index in [4.69, 9.17) is 0 Å². The average Bonchev–Trinajstić information content (AvgIpc) is 2.65. The molecule has 2 heterocycles. The van der Waals surface area contributed by atoms with Crippen LogP contribution in [0.2, 0.25) is 0 Å². The monoisotopic (exact) mass is 247 g/mol. The van der Waals surface area contributed by atoms with E-state index in [0.717, 1.165) is 5.56 Å². The van der Waals surface area contributed by atoms with Crippen LogP contribution in [0.1, 0.15) is 12.5 Å². The summed E-state index contributed by atoms with van der Waals surface area (Å²) < 4.78 is 13.5. The number of benzene rings is 1. The Morgan fingerprint density at radius 1 is 1.17 bits per heavy atom. The number of aryl methyl sites for hydroxylation is 1. The summed E-state index contributed by atoms with van der Waals surface area (Å²) >= 11 is 0. The topological polar surface area (TPSA) is 81.5 Å². The van der Waals surface area contributed by atoms with Gasteiger partial charge >= 0.3 is 5.69 Å². The lowest BCUT2D eigenvalue weighted by molar-refractivity contribution is 0.628. The zero-order valence-electron chi connectivity index (χ0n) is 9.56. The normalized spacial score (nSPS) is 11.4. The van der Waals surface area contributed by atoms with Gasteiger partial charge in [-0.05, 0) is 24.1 Å². The quantitative estimate of drug-likeness (QED) is 0.607. The fraction of sp³-hybridized carbons (Fsp3) is 0.167. The number of hydrogen-bond donors (Lipinski definition) is 3. The van der Waals surface area contributed by atoms with Crippen LogP contribution in [0, 0.1) is 5.82 Å². The first-order chi connectivity index (χ1) is 8.60. The molecule has 0 aliphatic heterocycles. The van der Waals surface area contributed by atoms with Crippen LogP contribution in [0.25, 0.3) is 21.9 Å².